The van der Waals surface area contributed by atoms with E-state index in [2.05, 4.69) is 15.4 Å². The van der Waals surface area contributed by atoms with Crippen LogP contribution >= 0.6 is 11.6 Å². The van der Waals surface area contributed by atoms with Crippen LogP contribution in [0.1, 0.15) is 35.1 Å². The second-order valence-corrected chi connectivity index (χ2v) is 8.22. The summed E-state index contributed by atoms with van der Waals surface area (Å²) in [5.41, 5.74) is 2.28. The molecule has 9 heteroatoms. The first-order valence-corrected chi connectivity index (χ1v) is 10.8. The quantitative estimate of drug-likeness (QED) is 0.433. The first-order valence-electron chi connectivity index (χ1n) is 10.4. The van der Waals surface area contributed by atoms with Crippen LogP contribution in [0, 0.1) is 12.7 Å². The molecule has 1 amide bonds. The Balaban J connectivity index is 1.51. The number of imidazole rings is 1. The Morgan fingerprint density at radius 1 is 1.18 bits per heavy atom. The van der Waals surface area contributed by atoms with Crippen LogP contribution in [0.25, 0.3) is 5.69 Å². The van der Waals surface area contributed by atoms with Gasteiger partial charge in [-0.25, -0.2) is 14.1 Å². The van der Waals surface area contributed by atoms with Gasteiger partial charge in [0.1, 0.15) is 17.7 Å². The van der Waals surface area contributed by atoms with Gasteiger partial charge >= 0.3 is 0 Å². The largest absolute Gasteiger partial charge is 0.342 e. The molecule has 2 aromatic carbocycles. The molecule has 7 nitrogen and oxygen atoms in total. The van der Waals surface area contributed by atoms with Gasteiger partial charge in [0.05, 0.1) is 5.69 Å². The number of hydrogen-bond donors (Lipinski definition) is 2. The molecule has 0 radical (unpaired) electrons. The number of aromatic nitrogens is 4. The van der Waals surface area contributed by atoms with Gasteiger partial charge in [-0.15, -0.1) is 0 Å². The number of halogens is 2. The van der Waals surface area contributed by atoms with Gasteiger partial charge in [-0.1, -0.05) is 23.7 Å². The van der Waals surface area contributed by atoms with Crippen LogP contribution in [0.2, 0.25) is 5.02 Å². The molecular formula is C24H23ClFN5O2. The highest BCUT2D eigenvalue weighted by Gasteiger charge is 2.21. The lowest BCUT2D eigenvalue weighted by atomic mass is 10.1. The molecule has 2 aromatic heterocycles. The minimum atomic E-state index is -0.460. The predicted molar refractivity (Wildman–Crippen MR) is 124 cm³/mol. The molecule has 2 N–H and O–H groups in total. The number of benzene rings is 2. The second kappa shape index (κ2) is 9.46. The van der Waals surface area contributed by atoms with Crippen LogP contribution in [0.5, 0.6) is 0 Å². The lowest BCUT2D eigenvalue weighted by Crippen LogP contribution is -2.31. The van der Waals surface area contributed by atoms with Gasteiger partial charge in [0.15, 0.2) is 0 Å². The zero-order valence-corrected chi connectivity index (χ0v) is 18.9. The third-order valence-electron chi connectivity index (χ3n) is 5.51. The highest BCUT2D eigenvalue weighted by molar-refractivity contribution is 6.30. The summed E-state index contributed by atoms with van der Waals surface area (Å²) in [4.78, 5) is 30.1. The number of rotatable bonds is 7. The van der Waals surface area contributed by atoms with Crippen molar-refractivity contribution < 1.29 is 9.18 Å². The van der Waals surface area contributed by atoms with Crippen molar-refractivity contribution >= 4 is 17.5 Å². The van der Waals surface area contributed by atoms with Crippen LogP contribution in [0.15, 0.2) is 65.7 Å². The lowest BCUT2D eigenvalue weighted by Gasteiger charge is -2.19. The fourth-order valence-electron chi connectivity index (χ4n) is 3.73. The Hall–Kier alpha value is -3.65. The molecule has 1 atom stereocenters. The number of hydrogen-bond acceptors (Lipinski definition) is 3. The smallest absolute Gasteiger partial charge is 0.274 e. The lowest BCUT2D eigenvalue weighted by molar-refractivity contribution is -0.121. The zero-order valence-electron chi connectivity index (χ0n) is 18.2. The van der Waals surface area contributed by atoms with Gasteiger partial charge in [-0.2, -0.15) is 0 Å². The van der Waals surface area contributed by atoms with E-state index in [1.807, 2.05) is 29.9 Å². The van der Waals surface area contributed by atoms with E-state index in [1.54, 1.807) is 25.3 Å². The minimum absolute atomic E-state index is 0.117. The van der Waals surface area contributed by atoms with E-state index in [1.165, 1.54) is 28.9 Å². The number of nitrogens with one attached hydrogen (secondary N) is 2. The van der Waals surface area contributed by atoms with Crippen molar-refractivity contribution in [3.63, 3.8) is 0 Å². The number of H-pyrrole nitrogens is 1. The molecule has 4 rings (SSSR count). The molecule has 0 fully saturated rings. The molecule has 0 spiro atoms. The SMILES string of the molecule is Cc1[nH]n(-c2ccc(F)cc2)c(=O)c1CCC(=O)NC(c1ccc(Cl)cc1)c1nccn1C. The zero-order chi connectivity index (χ0) is 23.5. The van der Waals surface area contributed by atoms with Crippen molar-refractivity contribution in [1.82, 2.24) is 24.6 Å². The summed E-state index contributed by atoms with van der Waals surface area (Å²) in [5, 5.41) is 6.62. The van der Waals surface area contributed by atoms with Gasteiger partial charge in [-0.05, 0) is 55.3 Å². The highest BCUT2D eigenvalue weighted by atomic mass is 35.5. The average molecular weight is 468 g/mol. The molecule has 0 aliphatic carbocycles. The molecule has 0 aliphatic heterocycles. The van der Waals surface area contributed by atoms with Crippen molar-refractivity contribution in [1.29, 1.82) is 0 Å². The third kappa shape index (κ3) is 4.90. The molecular weight excluding hydrogens is 445 g/mol. The Kier molecular flexibility index (Phi) is 6.46. The van der Waals surface area contributed by atoms with E-state index in [-0.39, 0.29) is 30.1 Å². The van der Waals surface area contributed by atoms with Crippen molar-refractivity contribution in [2.45, 2.75) is 25.8 Å². The Morgan fingerprint density at radius 2 is 1.88 bits per heavy atom. The molecule has 0 saturated carbocycles. The maximum atomic E-state index is 13.2. The van der Waals surface area contributed by atoms with Gasteiger partial charge in [-0.3, -0.25) is 14.7 Å². The number of amides is 1. The van der Waals surface area contributed by atoms with E-state index in [0.29, 0.717) is 27.8 Å². The molecule has 0 bridgehead atoms. The monoisotopic (exact) mass is 467 g/mol. The standard InChI is InChI=1S/C24H23ClFN5O2/c1-15-20(24(33)31(29-15)19-9-7-18(26)8-10-19)11-12-21(32)28-22(23-27-13-14-30(23)2)16-3-5-17(25)6-4-16/h3-10,13-14,22,29H,11-12H2,1-2H3,(H,28,32). The van der Waals surface area contributed by atoms with E-state index in [9.17, 15) is 14.0 Å². The van der Waals surface area contributed by atoms with Crippen LogP contribution in [-0.2, 0) is 18.3 Å². The van der Waals surface area contributed by atoms with Crippen LogP contribution < -0.4 is 10.9 Å². The van der Waals surface area contributed by atoms with Crippen LogP contribution in [0.4, 0.5) is 4.39 Å². The van der Waals surface area contributed by atoms with Gasteiger partial charge in [0.25, 0.3) is 5.56 Å². The van der Waals surface area contributed by atoms with Crippen molar-refractivity contribution in [2.75, 3.05) is 0 Å². The van der Waals surface area contributed by atoms with E-state index in [4.69, 9.17) is 11.6 Å². The van der Waals surface area contributed by atoms with Gasteiger partial charge < -0.3 is 9.88 Å². The maximum Gasteiger partial charge on any atom is 0.274 e. The number of aromatic amines is 1. The second-order valence-electron chi connectivity index (χ2n) is 7.78. The van der Waals surface area contributed by atoms with Crippen molar-refractivity contribution in [2.24, 2.45) is 7.05 Å². The topological polar surface area (TPSA) is 84.7 Å². The number of nitrogens with zero attached hydrogens (tertiary/aromatic N) is 3. The van der Waals surface area contributed by atoms with Crippen LogP contribution in [0.3, 0.4) is 0 Å². The number of carbonyl (C=O) groups excluding carboxylic acids is 1. The van der Waals surface area contributed by atoms with Gasteiger partial charge in [0.2, 0.25) is 5.91 Å². The van der Waals surface area contributed by atoms with Crippen molar-refractivity contribution in [3.05, 3.63) is 105 Å². The van der Waals surface area contributed by atoms with E-state index < -0.39 is 6.04 Å². The molecule has 170 valence electrons. The summed E-state index contributed by atoms with van der Waals surface area (Å²) in [6.07, 6.45) is 3.86. The summed E-state index contributed by atoms with van der Waals surface area (Å²) in [6, 6.07) is 12.4. The summed E-state index contributed by atoms with van der Waals surface area (Å²) < 4.78 is 16.4. The normalized spacial score (nSPS) is 12.0. The van der Waals surface area contributed by atoms with E-state index in [0.717, 1.165) is 5.56 Å². The molecule has 2 heterocycles. The molecule has 33 heavy (non-hydrogen) atoms. The molecule has 0 saturated heterocycles. The summed E-state index contributed by atoms with van der Waals surface area (Å²) in [7, 11) is 1.86. The minimum Gasteiger partial charge on any atom is -0.342 e. The Bertz CT molecular complexity index is 1320. The molecule has 1 unspecified atom stereocenters. The first-order chi connectivity index (χ1) is 15.8. The number of carbonyl (C=O) groups is 1. The van der Waals surface area contributed by atoms with E-state index >= 15 is 0 Å². The maximum absolute atomic E-state index is 13.2. The van der Waals surface area contributed by atoms with Crippen LogP contribution in [-0.4, -0.2) is 25.2 Å². The Morgan fingerprint density at radius 3 is 2.52 bits per heavy atom. The number of aryl methyl sites for hydroxylation is 2. The summed E-state index contributed by atoms with van der Waals surface area (Å²) in [6.45, 7) is 1.78. The fraction of sp³-hybridized carbons (Fsp3) is 0.208. The highest BCUT2D eigenvalue weighted by Crippen LogP contribution is 2.22. The Labute approximate surface area is 194 Å². The van der Waals surface area contributed by atoms with Gasteiger partial charge in [0, 0.05) is 42.1 Å². The first kappa shape index (κ1) is 22.5. The summed E-state index contributed by atoms with van der Waals surface area (Å²) in [5.74, 6) is 0.0865. The molecule has 0 aliphatic rings. The molecule has 4 aromatic rings. The third-order valence-corrected chi connectivity index (χ3v) is 5.76. The predicted octanol–water partition coefficient (Wildman–Crippen LogP) is 3.84. The average Bonchev–Trinajstić information content (AvgIpc) is 3.34. The fourth-order valence-corrected chi connectivity index (χ4v) is 3.85. The van der Waals surface area contributed by atoms with Crippen molar-refractivity contribution in [3.8, 4) is 5.69 Å². The summed E-state index contributed by atoms with van der Waals surface area (Å²) >= 11 is 6.02.